The van der Waals surface area contributed by atoms with Crippen LogP contribution in [0.1, 0.15) is 5.56 Å². The standard InChI is InChI=1S/C9H7FN2O3S/c1-16(13,14)15-12-9(6-11)7-4-2-3-5-8(7)10/h2-5H,1H3/b12-9+. The third kappa shape index (κ3) is 3.33. The summed E-state index contributed by atoms with van der Waals surface area (Å²) in [4.78, 5) is 0. The Kier molecular flexibility index (Phi) is 3.58. The molecule has 0 atom stereocenters. The Labute approximate surface area is 91.9 Å². The molecule has 0 saturated carbocycles. The Morgan fingerprint density at radius 3 is 2.62 bits per heavy atom. The highest BCUT2D eigenvalue weighted by Gasteiger charge is 2.10. The Morgan fingerprint density at radius 2 is 2.12 bits per heavy atom. The minimum absolute atomic E-state index is 0.117. The summed E-state index contributed by atoms with van der Waals surface area (Å²) < 4.78 is 38.5. The molecule has 1 aromatic rings. The number of hydrogen-bond acceptors (Lipinski definition) is 5. The summed E-state index contributed by atoms with van der Waals surface area (Å²) in [5.74, 6) is -0.681. The molecule has 84 valence electrons. The molecule has 1 rings (SSSR count). The van der Waals surface area contributed by atoms with E-state index in [0.717, 1.165) is 12.3 Å². The molecule has 0 fully saturated rings. The van der Waals surface area contributed by atoms with Gasteiger partial charge in [-0.3, -0.25) is 4.28 Å². The van der Waals surface area contributed by atoms with E-state index in [9.17, 15) is 12.8 Å². The van der Waals surface area contributed by atoms with Crippen molar-refractivity contribution in [2.24, 2.45) is 5.16 Å². The molecule has 5 nitrogen and oxygen atoms in total. The van der Waals surface area contributed by atoms with Gasteiger partial charge in [-0.05, 0) is 12.1 Å². The van der Waals surface area contributed by atoms with E-state index in [1.807, 2.05) is 0 Å². The number of oxime groups is 1. The molecule has 0 unspecified atom stereocenters. The van der Waals surface area contributed by atoms with Crippen LogP contribution in [0.15, 0.2) is 29.4 Å². The van der Waals surface area contributed by atoms with Crippen molar-refractivity contribution in [3.63, 3.8) is 0 Å². The van der Waals surface area contributed by atoms with Crippen molar-refractivity contribution in [3.8, 4) is 6.07 Å². The third-order valence-electron chi connectivity index (χ3n) is 1.50. The van der Waals surface area contributed by atoms with Gasteiger partial charge in [0.2, 0.25) is 0 Å². The van der Waals surface area contributed by atoms with Crippen molar-refractivity contribution in [3.05, 3.63) is 35.6 Å². The second-order valence-electron chi connectivity index (χ2n) is 2.81. The molecule has 0 N–H and O–H groups in total. The van der Waals surface area contributed by atoms with Crippen molar-refractivity contribution in [2.45, 2.75) is 0 Å². The monoisotopic (exact) mass is 242 g/mol. The van der Waals surface area contributed by atoms with Gasteiger partial charge < -0.3 is 0 Å². The molecule has 0 spiro atoms. The lowest BCUT2D eigenvalue weighted by Gasteiger charge is -1.99. The summed E-state index contributed by atoms with van der Waals surface area (Å²) >= 11 is 0. The molecular formula is C9H7FN2O3S. The van der Waals surface area contributed by atoms with Crippen molar-refractivity contribution in [2.75, 3.05) is 6.26 Å². The molecule has 0 radical (unpaired) electrons. The largest absolute Gasteiger partial charge is 0.325 e. The van der Waals surface area contributed by atoms with Gasteiger partial charge in [0.1, 0.15) is 11.9 Å². The van der Waals surface area contributed by atoms with Crippen molar-refractivity contribution < 1.29 is 17.1 Å². The highest BCUT2D eigenvalue weighted by molar-refractivity contribution is 7.85. The smallest absolute Gasteiger partial charge is 0.267 e. The Morgan fingerprint density at radius 1 is 1.50 bits per heavy atom. The zero-order valence-electron chi connectivity index (χ0n) is 8.21. The van der Waals surface area contributed by atoms with Gasteiger partial charge >= 0.3 is 10.1 Å². The quantitative estimate of drug-likeness (QED) is 0.585. The number of halogens is 1. The average molecular weight is 242 g/mol. The SMILES string of the molecule is CS(=O)(=O)O/N=C(\C#N)c1ccccc1F. The molecular weight excluding hydrogens is 235 g/mol. The fourth-order valence-electron chi connectivity index (χ4n) is 0.888. The summed E-state index contributed by atoms with van der Waals surface area (Å²) in [5, 5.41) is 11.8. The summed E-state index contributed by atoms with van der Waals surface area (Å²) in [6.07, 6.45) is 0.771. The van der Waals surface area contributed by atoms with Crippen LogP contribution in [0, 0.1) is 17.1 Å². The number of nitriles is 1. The number of hydrogen-bond donors (Lipinski definition) is 0. The molecule has 0 heterocycles. The highest BCUT2D eigenvalue weighted by Crippen LogP contribution is 2.08. The number of rotatable bonds is 3. The van der Waals surface area contributed by atoms with Crippen LogP contribution in [0.3, 0.4) is 0 Å². The average Bonchev–Trinajstić information content (AvgIpc) is 2.20. The normalized spacial score (nSPS) is 11.9. The van der Waals surface area contributed by atoms with E-state index >= 15 is 0 Å². The second-order valence-corrected chi connectivity index (χ2v) is 4.37. The maximum absolute atomic E-state index is 13.2. The first-order valence-electron chi connectivity index (χ1n) is 4.05. The van der Waals surface area contributed by atoms with Crippen molar-refractivity contribution >= 4 is 15.8 Å². The first-order valence-corrected chi connectivity index (χ1v) is 5.87. The van der Waals surface area contributed by atoms with E-state index in [2.05, 4.69) is 9.44 Å². The second kappa shape index (κ2) is 4.72. The Bertz CT molecular complexity index is 560. The molecule has 0 aliphatic rings. The van der Waals surface area contributed by atoms with Crippen LogP contribution in [0.2, 0.25) is 0 Å². The first kappa shape index (κ1) is 12.1. The molecule has 0 saturated heterocycles. The zero-order chi connectivity index (χ0) is 12.2. The van der Waals surface area contributed by atoms with E-state index in [1.165, 1.54) is 18.2 Å². The van der Waals surface area contributed by atoms with E-state index in [4.69, 9.17) is 5.26 Å². The van der Waals surface area contributed by atoms with Crippen LogP contribution in [-0.2, 0) is 14.4 Å². The summed E-state index contributed by atoms with van der Waals surface area (Å²) in [5.41, 5.74) is -0.558. The van der Waals surface area contributed by atoms with E-state index in [1.54, 1.807) is 6.07 Å². The minimum atomic E-state index is -3.81. The van der Waals surface area contributed by atoms with Gasteiger partial charge in [0, 0.05) is 0 Å². The van der Waals surface area contributed by atoms with Gasteiger partial charge in [0.15, 0.2) is 5.71 Å². The van der Waals surface area contributed by atoms with Gasteiger partial charge in [-0.2, -0.15) is 13.7 Å². The van der Waals surface area contributed by atoms with E-state index < -0.39 is 21.6 Å². The van der Waals surface area contributed by atoms with Crippen LogP contribution in [-0.4, -0.2) is 20.4 Å². The van der Waals surface area contributed by atoms with Gasteiger partial charge in [0.25, 0.3) is 0 Å². The highest BCUT2D eigenvalue weighted by atomic mass is 32.2. The van der Waals surface area contributed by atoms with Gasteiger partial charge in [-0.1, -0.05) is 17.3 Å². The molecule has 0 bridgehead atoms. The fourth-order valence-corrected chi connectivity index (χ4v) is 1.10. The van der Waals surface area contributed by atoms with Crippen molar-refractivity contribution in [1.29, 1.82) is 5.26 Å². The third-order valence-corrected chi connectivity index (χ3v) is 1.84. The summed E-state index contributed by atoms with van der Waals surface area (Å²) in [7, 11) is -3.81. The van der Waals surface area contributed by atoms with E-state index in [-0.39, 0.29) is 5.56 Å². The molecule has 0 aliphatic heterocycles. The first-order chi connectivity index (χ1) is 7.44. The lowest BCUT2D eigenvalue weighted by molar-refractivity contribution is 0.343. The molecule has 0 amide bonds. The summed E-state index contributed by atoms with van der Waals surface area (Å²) in [6, 6.07) is 6.90. The van der Waals surface area contributed by atoms with E-state index in [0.29, 0.717) is 0 Å². The van der Waals surface area contributed by atoms with Crippen LogP contribution < -0.4 is 0 Å². The van der Waals surface area contributed by atoms with Crippen LogP contribution in [0.5, 0.6) is 0 Å². The van der Waals surface area contributed by atoms with Gasteiger partial charge in [-0.25, -0.2) is 4.39 Å². The zero-order valence-corrected chi connectivity index (χ0v) is 9.03. The molecule has 0 aromatic heterocycles. The molecule has 0 aliphatic carbocycles. The van der Waals surface area contributed by atoms with Crippen LogP contribution in [0.25, 0.3) is 0 Å². The summed E-state index contributed by atoms with van der Waals surface area (Å²) in [6.45, 7) is 0. The van der Waals surface area contributed by atoms with Crippen LogP contribution >= 0.6 is 0 Å². The van der Waals surface area contributed by atoms with Crippen molar-refractivity contribution in [1.82, 2.24) is 0 Å². The molecule has 1 aromatic carbocycles. The minimum Gasteiger partial charge on any atom is -0.267 e. The maximum Gasteiger partial charge on any atom is 0.325 e. The van der Waals surface area contributed by atoms with Crippen LogP contribution in [0.4, 0.5) is 4.39 Å². The van der Waals surface area contributed by atoms with Gasteiger partial charge in [-0.15, -0.1) is 0 Å². The topological polar surface area (TPSA) is 79.5 Å². The molecule has 16 heavy (non-hydrogen) atoms. The Hall–Kier alpha value is -1.94. The number of nitrogens with zero attached hydrogens (tertiary/aromatic N) is 2. The predicted molar refractivity (Wildman–Crippen MR) is 54.5 cm³/mol. The molecule has 7 heteroatoms. The Balaban J connectivity index is 3.11. The lowest BCUT2D eigenvalue weighted by Crippen LogP contribution is -2.05. The lowest BCUT2D eigenvalue weighted by atomic mass is 10.1. The van der Waals surface area contributed by atoms with Gasteiger partial charge in [0.05, 0.1) is 11.8 Å². The fraction of sp³-hybridized carbons (Fsp3) is 0.111. The predicted octanol–water partition coefficient (Wildman–Crippen LogP) is 1.03. The number of benzene rings is 1. The maximum atomic E-state index is 13.2.